The molecule has 1 aromatic carbocycles. The van der Waals surface area contributed by atoms with Gasteiger partial charge >= 0.3 is 12.0 Å². The van der Waals surface area contributed by atoms with E-state index in [1.807, 2.05) is 13.0 Å². The molecule has 1 atom stereocenters. The van der Waals surface area contributed by atoms with E-state index < -0.39 is 11.9 Å². The first-order valence-corrected chi connectivity index (χ1v) is 6.33. The number of amides is 2. The van der Waals surface area contributed by atoms with E-state index in [1.165, 1.54) is 4.90 Å². The maximum absolute atomic E-state index is 11.8. The summed E-state index contributed by atoms with van der Waals surface area (Å²) in [6.45, 7) is 6.05. The number of carbonyl (C=O) groups is 2. The SMILES string of the molecule is C=C(C)CN(C)C(=O)NCC(C(=O)O)c1ccccc1. The Bertz CT molecular complexity index is 485. The van der Waals surface area contributed by atoms with Crippen molar-refractivity contribution < 1.29 is 14.7 Å². The van der Waals surface area contributed by atoms with Crippen LogP contribution in [0.5, 0.6) is 0 Å². The number of aliphatic carboxylic acids is 1. The Morgan fingerprint density at radius 2 is 1.95 bits per heavy atom. The van der Waals surface area contributed by atoms with Crippen LogP contribution >= 0.6 is 0 Å². The van der Waals surface area contributed by atoms with E-state index in [0.29, 0.717) is 12.1 Å². The minimum Gasteiger partial charge on any atom is -0.481 e. The molecule has 5 heteroatoms. The molecule has 0 bridgehead atoms. The van der Waals surface area contributed by atoms with E-state index in [-0.39, 0.29) is 12.6 Å². The van der Waals surface area contributed by atoms with Gasteiger partial charge in [0.05, 0.1) is 5.92 Å². The molecule has 2 N–H and O–H groups in total. The topological polar surface area (TPSA) is 69.6 Å². The summed E-state index contributed by atoms with van der Waals surface area (Å²) in [7, 11) is 1.64. The molecule has 5 nitrogen and oxygen atoms in total. The highest BCUT2D eigenvalue weighted by molar-refractivity contribution is 5.79. The fraction of sp³-hybridized carbons (Fsp3) is 0.333. The van der Waals surface area contributed by atoms with Gasteiger partial charge in [0.2, 0.25) is 0 Å². The second-order valence-corrected chi connectivity index (χ2v) is 4.80. The molecule has 0 aliphatic carbocycles. The molecule has 0 heterocycles. The maximum Gasteiger partial charge on any atom is 0.317 e. The van der Waals surface area contributed by atoms with Crippen molar-refractivity contribution in [2.75, 3.05) is 20.1 Å². The zero-order chi connectivity index (χ0) is 15.1. The highest BCUT2D eigenvalue weighted by Crippen LogP contribution is 2.14. The first kappa shape index (κ1) is 15.8. The molecule has 1 aromatic rings. The maximum atomic E-state index is 11.8. The number of rotatable bonds is 6. The average molecular weight is 276 g/mol. The Labute approximate surface area is 118 Å². The van der Waals surface area contributed by atoms with Crippen molar-refractivity contribution in [3.63, 3.8) is 0 Å². The van der Waals surface area contributed by atoms with Gasteiger partial charge in [-0.2, -0.15) is 0 Å². The van der Waals surface area contributed by atoms with E-state index in [2.05, 4.69) is 11.9 Å². The van der Waals surface area contributed by atoms with Gasteiger partial charge in [0.25, 0.3) is 0 Å². The van der Waals surface area contributed by atoms with E-state index in [9.17, 15) is 14.7 Å². The molecule has 2 amide bonds. The van der Waals surface area contributed by atoms with Gasteiger partial charge in [-0.3, -0.25) is 4.79 Å². The number of hydrogen-bond acceptors (Lipinski definition) is 2. The zero-order valence-electron chi connectivity index (χ0n) is 11.8. The summed E-state index contributed by atoms with van der Waals surface area (Å²) in [5, 5.41) is 11.9. The molecular weight excluding hydrogens is 256 g/mol. The molecule has 0 aliphatic rings. The molecule has 0 spiro atoms. The third kappa shape index (κ3) is 4.76. The lowest BCUT2D eigenvalue weighted by Crippen LogP contribution is -2.41. The van der Waals surface area contributed by atoms with Crippen LogP contribution in [0, 0.1) is 0 Å². The highest BCUT2D eigenvalue weighted by atomic mass is 16.4. The first-order valence-electron chi connectivity index (χ1n) is 6.33. The van der Waals surface area contributed by atoms with E-state index in [1.54, 1.807) is 31.3 Å². The molecule has 0 saturated carbocycles. The standard InChI is InChI=1S/C15H20N2O3/c1-11(2)10-17(3)15(20)16-9-13(14(18)19)12-7-5-4-6-8-12/h4-8,13H,1,9-10H2,2-3H3,(H,16,20)(H,18,19). The van der Waals surface area contributed by atoms with E-state index >= 15 is 0 Å². The molecule has 0 aliphatic heterocycles. The van der Waals surface area contributed by atoms with Crippen LogP contribution in [0.4, 0.5) is 4.79 Å². The van der Waals surface area contributed by atoms with Crippen molar-refractivity contribution in [1.29, 1.82) is 0 Å². The molecule has 0 saturated heterocycles. The van der Waals surface area contributed by atoms with Crippen molar-refractivity contribution in [3.05, 3.63) is 48.0 Å². The molecule has 0 aromatic heterocycles. The van der Waals surface area contributed by atoms with Crippen LogP contribution in [0.25, 0.3) is 0 Å². The summed E-state index contributed by atoms with van der Waals surface area (Å²) in [5.74, 6) is -1.71. The number of carboxylic acids is 1. The third-order valence-corrected chi connectivity index (χ3v) is 2.81. The minimum absolute atomic E-state index is 0.0543. The lowest BCUT2D eigenvalue weighted by atomic mass is 9.99. The van der Waals surface area contributed by atoms with Crippen LogP contribution in [0.3, 0.4) is 0 Å². The second-order valence-electron chi connectivity index (χ2n) is 4.80. The second kappa shape index (κ2) is 7.33. The lowest BCUT2D eigenvalue weighted by Gasteiger charge is -2.20. The molecular formula is C15H20N2O3. The molecule has 20 heavy (non-hydrogen) atoms. The van der Waals surface area contributed by atoms with Gasteiger partial charge < -0.3 is 15.3 Å². The summed E-state index contributed by atoms with van der Waals surface area (Å²) < 4.78 is 0. The largest absolute Gasteiger partial charge is 0.481 e. The van der Waals surface area contributed by atoms with E-state index in [4.69, 9.17) is 0 Å². The molecule has 108 valence electrons. The predicted octanol–water partition coefficient (Wildman–Crippen LogP) is 2.07. The van der Waals surface area contributed by atoms with Gasteiger partial charge in [-0.05, 0) is 12.5 Å². The van der Waals surface area contributed by atoms with Crippen LogP contribution in [-0.4, -0.2) is 42.1 Å². The quantitative estimate of drug-likeness (QED) is 0.781. The van der Waals surface area contributed by atoms with Crippen molar-refractivity contribution in [2.24, 2.45) is 0 Å². The summed E-state index contributed by atoms with van der Waals surface area (Å²) in [4.78, 5) is 24.6. The van der Waals surface area contributed by atoms with Crippen LogP contribution < -0.4 is 5.32 Å². The van der Waals surface area contributed by atoms with Gasteiger partial charge in [0.15, 0.2) is 0 Å². The smallest absolute Gasteiger partial charge is 0.317 e. The van der Waals surface area contributed by atoms with Crippen molar-refractivity contribution in [1.82, 2.24) is 10.2 Å². The Hall–Kier alpha value is -2.30. The predicted molar refractivity (Wildman–Crippen MR) is 77.7 cm³/mol. The number of urea groups is 1. The number of carbonyl (C=O) groups excluding carboxylic acids is 1. The zero-order valence-corrected chi connectivity index (χ0v) is 11.8. The summed E-state index contributed by atoms with van der Waals surface area (Å²) in [6.07, 6.45) is 0. The number of nitrogens with one attached hydrogen (secondary N) is 1. The minimum atomic E-state index is -0.959. The highest BCUT2D eigenvalue weighted by Gasteiger charge is 2.21. The number of hydrogen-bond donors (Lipinski definition) is 2. The molecule has 1 rings (SSSR count). The number of likely N-dealkylation sites (N-methyl/N-ethyl adjacent to an activating group) is 1. The molecule has 1 unspecified atom stereocenters. The van der Waals surface area contributed by atoms with Gasteiger partial charge in [-0.1, -0.05) is 42.5 Å². The normalized spacial score (nSPS) is 11.5. The van der Waals surface area contributed by atoms with Gasteiger partial charge in [-0.15, -0.1) is 0 Å². The van der Waals surface area contributed by atoms with Crippen molar-refractivity contribution in [2.45, 2.75) is 12.8 Å². The lowest BCUT2D eigenvalue weighted by molar-refractivity contribution is -0.138. The van der Waals surface area contributed by atoms with Gasteiger partial charge in [0.1, 0.15) is 0 Å². The fourth-order valence-corrected chi connectivity index (χ4v) is 1.83. The number of benzene rings is 1. The number of carboxylic acid groups (broad SMARTS) is 1. The van der Waals surface area contributed by atoms with Crippen molar-refractivity contribution >= 4 is 12.0 Å². The Morgan fingerprint density at radius 1 is 1.35 bits per heavy atom. The van der Waals surface area contributed by atoms with Crippen LogP contribution in [-0.2, 0) is 4.79 Å². The van der Waals surface area contributed by atoms with Crippen LogP contribution in [0.1, 0.15) is 18.4 Å². The monoisotopic (exact) mass is 276 g/mol. The summed E-state index contributed by atoms with van der Waals surface area (Å²) in [6, 6.07) is 8.54. The van der Waals surface area contributed by atoms with Gasteiger partial charge in [0, 0.05) is 20.1 Å². The molecule has 0 fully saturated rings. The average Bonchev–Trinajstić information content (AvgIpc) is 2.38. The number of nitrogens with zero attached hydrogens (tertiary/aromatic N) is 1. The Morgan fingerprint density at radius 3 is 2.45 bits per heavy atom. The third-order valence-electron chi connectivity index (χ3n) is 2.81. The Balaban J connectivity index is 2.63. The summed E-state index contributed by atoms with van der Waals surface area (Å²) >= 11 is 0. The van der Waals surface area contributed by atoms with E-state index in [0.717, 1.165) is 5.57 Å². The Kier molecular flexibility index (Phi) is 5.77. The first-order chi connectivity index (χ1) is 9.41. The van der Waals surface area contributed by atoms with Crippen LogP contribution in [0.2, 0.25) is 0 Å². The molecule has 0 radical (unpaired) electrons. The fourth-order valence-electron chi connectivity index (χ4n) is 1.83. The van der Waals surface area contributed by atoms with Crippen molar-refractivity contribution in [3.8, 4) is 0 Å². The van der Waals surface area contributed by atoms with Crippen LogP contribution in [0.15, 0.2) is 42.5 Å². The van der Waals surface area contributed by atoms with Gasteiger partial charge in [-0.25, -0.2) is 4.79 Å². The summed E-state index contributed by atoms with van der Waals surface area (Å²) in [5.41, 5.74) is 1.53.